The third-order valence-corrected chi connectivity index (χ3v) is 2.35. The van der Waals surface area contributed by atoms with Crippen LogP contribution in [0.4, 0.5) is 0 Å². The molecule has 0 saturated carbocycles. The largest absolute Gasteiger partial charge is 0.508 e. The van der Waals surface area contributed by atoms with Crippen molar-refractivity contribution in [3.05, 3.63) is 35.9 Å². The molecule has 0 aliphatic heterocycles. The van der Waals surface area contributed by atoms with Crippen LogP contribution in [0.3, 0.4) is 0 Å². The zero-order chi connectivity index (χ0) is 14.3. The molecule has 0 fully saturated rings. The fourth-order valence-corrected chi connectivity index (χ4v) is 1.36. The molecule has 6 heteroatoms. The van der Waals surface area contributed by atoms with Gasteiger partial charge in [-0.3, -0.25) is 4.79 Å². The Labute approximate surface area is 110 Å². The van der Waals surface area contributed by atoms with E-state index in [9.17, 15) is 9.59 Å². The summed E-state index contributed by atoms with van der Waals surface area (Å²) in [6.07, 6.45) is 2.64. The molecular formula is C13H15NO5. The summed E-state index contributed by atoms with van der Waals surface area (Å²) < 4.78 is 0. The van der Waals surface area contributed by atoms with E-state index in [4.69, 9.17) is 15.3 Å². The van der Waals surface area contributed by atoms with Gasteiger partial charge in [0.2, 0.25) is 5.91 Å². The molecule has 1 aromatic rings. The number of aliphatic hydroxyl groups is 1. The van der Waals surface area contributed by atoms with Crippen LogP contribution in [0.15, 0.2) is 30.3 Å². The number of aliphatic carboxylic acids is 1. The van der Waals surface area contributed by atoms with Crippen molar-refractivity contribution in [3.63, 3.8) is 0 Å². The molecular weight excluding hydrogens is 250 g/mol. The number of aromatic hydroxyl groups is 1. The number of hydrogen-bond acceptors (Lipinski definition) is 4. The first kappa shape index (κ1) is 14.7. The number of nitrogens with one attached hydrogen (secondary N) is 1. The van der Waals surface area contributed by atoms with E-state index in [0.29, 0.717) is 5.56 Å². The van der Waals surface area contributed by atoms with E-state index >= 15 is 0 Å². The highest BCUT2D eigenvalue weighted by Gasteiger charge is 2.17. The number of phenolic OH excluding ortho intramolecular Hbond substituents is 1. The zero-order valence-electron chi connectivity index (χ0n) is 10.1. The van der Waals surface area contributed by atoms with Gasteiger partial charge >= 0.3 is 5.97 Å². The molecule has 1 aromatic carbocycles. The molecule has 0 aliphatic carbocycles. The average molecular weight is 265 g/mol. The van der Waals surface area contributed by atoms with Gasteiger partial charge < -0.3 is 20.6 Å². The molecule has 102 valence electrons. The van der Waals surface area contributed by atoms with Crippen LogP contribution >= 0.6 is 0 Å². The Morgan fingerprint density at radius 3 is 2.42 bits per heavy atom. The Morgan fingerprint density at radius 1 is 1.26 bits per heavy atom. The van der Waals surface area contributed by atoms with Gasteiger partial charge in [-0.1, -0.05) is 12.1 Å². The Hall–Kier alpha value is -2.34. The molecule has 0 unspecified atom stereocenters. The molecule has 0 heterocycles. The minimum Gasteiger partial charge on any atom is -0.508 e. The summed E-state index contributed by atoms with van der Waals surface area (Å²) >= 11 is 0. The lowest BCUT2D eigenvalue weighted by atomic mass is 10.2. The summed E-state index contributed by atoms with van der Waals surface area (Å²) in [4.78, 5) is 22.2. The molecule has 19 heavy (non-hydrogen) atoms. The molecule has 0 saturated heterocycles. The van der Waals surface area contributed by atoms with Crippen LogP contribution in [-0.2, 0) is 9.59 Å². The minimum atomic E-state index is -1.19. The quantitative estimate of drug-likeness (QED) is 0.555. The van der Waals surface area contributed by atoms with Crippen molar-refractivity contribution in [3.8, 4) is 5.75 Å². The van der Waals surface area contributed by atoms with Crippen LogP contribution in [0.1, 0.15) is 12.0 Å². The van der Waals surface area contributed by atoms with Crippen LogP contribution < -0.4 is 5.32 Å². The number of phenols is 1. The number of carboxylic acids is 1. The number of rotatable bonds is 6. The Kier molecular flexibility index (Phi) is 5.56. The highest BCUT2D eigenvalue weighted by atomic mass is 16.4. The summed E-state index contributed by atoms with van der Waals surface area (Å²) in [7, 11) is 0. The molecule has 1 atom stereocenters. The summed E-state index contributed by atoms with van der Waals surface area (Å²) in [6.45, 7) is -0.321. The smallest absolute Gasteiger partial charge is 0.326 e. The first-order chi connectivity index (χ1) is 9.02. The summed E-state index contributed by atoms with van der Waals surface area (Å²) in [5, 5.41) is 28.8. The molecule has 0 aliphatic rings. The van der Waals surface area contributed by atoms with Crippen molar-refractivity contribution in [1.82, 2.24) is 5.32 Å². The van der Waals surface area contributed by atoms with Crippen molar-refractivity contribution < 1.29 is 24.9 Å². The van der Waals surface area contributed by atoms with Crippen LogP contribution in [-0.4, -0.2) is 39.8 Å². The van der Waals surface area contributed by atoms with Crippen molar-refractivity contribution in [2.24, 2.45) is 0 Å². The van der Waals surface area contributed by atoms with Crippen molar-refractivity contribution in [2.75, 3.05) is 6.61 Å². The van der Waals surface area contributed by atoms with Crippen LogP contribution in [0.5, 0.6) is 5.75 Å². The summed E-state index contributed by atoms with van der Waals surface area (Å²) in [5.41, 5.74) is 0.696. The number of carboxylic acid groups (broad SMARTS) is 1. The van der Waals surface area contributed by atoms with E-state index in [1.54, 1.807) is 12.1 Å². The van der Waals surface area contributed by atoms with Crippen molar-refractivity contribution in [1.29, 1.82) is 0 Å². The number of aliphatic hydroxyl groups excluding tert-OH is 1. The second-order valence-electron chi connectivity index (χ2n) is 3.84. The third kappa shape index (κ3) is 5.22. The molecule has 0 bridgehead atoms. The van der Waals surface area contributed by atoms with E-state index in [2.05, 4.69) is 5.32 Å². The first-order valence-corrected chi connectivity index (χ1v) is 5.64. The zero-order valence-corrected chi connectivity index (χ0v) is 10.1. The highest BCUT2D eigenvalue weighted by Crippen LogP contribution is 2.10. The van der Waals surface area contributed by atoms with Crippen molar-refractivity contribution in [2.45, 2.75) is 12.5 Å². The van der Waals surface area contributed by atoms with E-state index < -0.39 is 17.9 Å². The van der Waals surface area contributed by atoms with Gasteiger partial charge in [-0.25, -0.2) is 4.79 Å². The van der Waals surface area contributed by atoms with Crippen LogP contribution in [0.25, 0.3) is 6.08 Å². The molecule has 0 spiro atoms. The summed E-state index contributed by atoms with van der Waals surface area (Å²) in [5.74, 6) is -1.63. The van der Waals surface area contributed by atoms with E-state index in [0.717, 1.165) is 0 Å². The molecule has 1 rings (SSSR count). The lowest BCUT2D eigenvalue weighted by molar-refractivity contribution is -0.141. The molecule has 0 aromatic heterocycles. The van der Waals surface area contributed by atoms with Gasteiger partial charge in [-0.15, -0.1) is 0 Å². The first-order valence-electron chi connectivity index (χ1n) is 5.64. The average Bonchev–Trinajstić information content (AvgIpc) is 2.37. The van der Waals surface area contributed by atoms with Crippen LogP contribution in [0.2, 0.25) is 0 Å². The maximum Gasteiger partial charge on any atom is 0.326 e. The molecule has 4 N–H and O–H groups in total. The predicted molar refractivity (Wildman–Crippen MR) is 68.4 cm³/mol. The SMILES string of the molecule is O=C(/C=C/c1ccc(O)cc1)N[C@H](CCO)C(=O)O. The van der Waals surface area contributed by atoms with Crippen molar-refractivity contribution >= 4 is 18.0 Å². The monoisotopic (exact) mass is 265 g/mol. The molecule has 1 amide bonds. The minimum absolute atomic E-state index is 0.0475. The van der Waals surface area contributed by atoms with Gasteiger partial charge in [-0.2, -0.15) is 0 Å². The van der Waals surface area contributed by atoms with Gasteiger partial charge in [0.1, 0.15) is 11.8 Å². The van der Waals surface area contributed by atoms with Gasteiger partial charge in [0.05, 0.1) is 0 Å². The predicted octanol–water partition coefficient (Wildman–Crippen LogP) is 0.357. The maximum absolute atomic E-state index is 11.5. The number of amides is 1. The second kappa shape index (κ2) is 7.17. The third-order valence-electron chi connectivity index (χ3n) is 2.35. The van der Waals surface area contributed by atoms with E-state index in [-0.39, 0.29) is 18.8 Å². The fourth-order valence-electron chi connectivity index (χ4n) is 1.36. The Morgan fingerprint density at radius 2 is 1.89 bits per heavy atom. The number of carbonyl (C=O) groups excluding carboxylic acids is 1. The lowest BCUT2D eigenvalue weighted by Crippen LogP contribution is -2.40. The van der Waals surface area contributed by atoms with Gasteiger partial charge in [0.15, 0.2) is 0 Å². The number of benzene rings is 1. The lowest BCUT2D eigenvalue weighted by Gasteiger charge is -2.11. The van der Waals surface area contributed by atoms with Gasteiger partial charge in [0.25, 0.3) is 0 Å². The maximum atomic E-state index is 11.5. The molecule has 6 nitrogen and oxygen atoms in total. The van der Waals surface area contributed by atoms with E-state index in [1.807, 2.05) is 0 Å². The van der Waals surface area contributed by atoms with Gasteiger partial charge in [-0.05, 0) is 23.8 Å². The topological polar surface area (TPSA) is 107 Å². The number of carbonyl (C=O) groups is 2. The fraction of sp³-hybridized carbons (Fsp3) is 0.231. The number of hydrogen-bond donors (Lipinski definition) is 4. The van der Waals surface area contributed by atoms with E-state index in [1.165, 1.54) is 24.3 Å². The summed E-state index contributed by atoms with van der Waals surface area (Å²) in [6, 6.07) is 5.07. The highest BCUT2D eigenvalue weighted by molar-refractivity contribution is 5.94. The molecule has 0 radical (unpaired) electrons. The Balaban J connectivity index is 2.58. The van der Waals surface area contributed by atoms with Crippen LogP contribution in [0, 0.1) is 0 Å². The second-order valence-corrected chi connectivity index (χ2v) is 3.84. The van der Waals surface area contributed by atoms with Gasteiger partial charge in [0, 0.05) is 19.1 Å². The normalized spacial score (nSPS) is 12.3. The standard InChI is InChI=1S/C13H15NO5/c15-8-7-11(13(18)19)14-12(17)6-3-9-1-4-10(16)5-2-9/h1-6,11,15-16H,7-8H2,(H,14,17)(H,18,19)/b6-3+/t11-/m1/s1. The Bertz CT molecular complexity index is 466.